The topological polar surface area (TPSA) is 203 Å². The Labute approximate surface area is 316 Å². The van der Waals surface area contributed by atoms with Crippen LogP contribution in [-0.4, -0.2) is 87.1 Å². The number of alkyl halides is 2. The van der Waals surface area contributed by atoms with Crippen molar-refractivity contribution in [2.24, 2.45) is 5.92 Å². The number of carbonyl (C=O) groups is 4. The lowest BCUT2D eigenvalue weighted by atomic mass is 10.0. The second kappa shape index (κ2) is 14.3. The van der Waals surface area contributed by atoms with Gasteiger partial charge in [-0.15, -0.1) is 0 Å². The van der Waals surface area contributed by atoms with Gasteiger partial charge >= 0.3 is 0 Å². The number of allylic oxidation sites excluding steroid dienone is 1. The Bertz CT molecular complexity index is 2170. The summed E-state index contributed by atoms with van der Waals surface area (Å²) >= 11 is 0. The first-order valence-corrected chi connectivity index (χ1v) is 19.9. The van der Waals surface area contributed by atoms with Gasteiger partial charge in [-0.3, -0.25) is 23.9 Å². The number of amides is 4. The fraction of sp³-hybridized carbons (Fsp3) is 0.541. The van der Waals surface area contributed by atoms with E-state index in [-0.39, 0.29) is 42.5 Å². The van der Waals surface area contributed by atoms with Crippen molar-refractivity contribution in [1.29, 1.82) is 0 Å². The number of benzene rings is 1. The zero-order chi connectivity index (χ0) is 39.3. The molecule has 3 aromatic rings. The molecule has 15 nitrogen and oxygen atoms in total. The molecular weight excluding hydrogens is 741 g/mol. The quantitative estimate of drug-likeness (QED) is 0.282. The van der Waals surface area contributed by atoms with Gasteiger partial charge in [-0.1, -0.05) is 42.3 Å². The first-order chi connectivity index (χ1) is 26.0. The molecule has 3 N–H and O–H groups in total. The molecule has 2 aromatic heterocycles. The van der Waals surface area contributed by atoms with Gasteiger partial charge in [-0.05, 0) is 64.5 Å². The number of halogens is 2. The summed E-state index contributed by atoms with van der Waals surface area (Å²) in [6, 6.07) is 5.39. The minimum atomic E-state index is -4.06. The third-order valence-corrected chi connectivity index (χ3v) is 13.0. The van der Waals surface area contributed by atoms with Crippen molar-refractivity contribution >= 4 is 44.7 Å². The third kappa shape index (κ3) is 7.77. The predicted molar refractivity (Wildman–Crippen MR) is 192 cm³/mol. The van der Waals surface area contributed by atoms with E-state index in [9.17, 15) is 36.4 Å². The Kier molecular flexibility index (Phi) is 9.92. The SMILES string of the molecule is Cc1cc(C(=O)N[C@H]2CCCCC/C=C\[C@@H]3C[C@@]3(C(=O)NS(=O)(=O)C3(C)CC3)NC(=O)[C@@H]3C[C@@H](Oc4nc5ccccc5nc4C(C)(F)F)CN3C2=O)no1. The van der Waals surface area contributed by atoms with Crippen LogP contribution >= 0.6 is 0 Å². The molecule has 1 aromatic carbocycles. The van der Waals surface area contributed by atoms with E-state index in [2.05, 4.69) is 30.5 Å². The van der Waals surface area contributed by atoms with E-state index in [1.54, 1.807) is 38.1 Å². The van der Waals surface area contributed by atoms with Crippen LogP contribution in [0.1, 0.15) is 93.6 Å². The number of carbonyl (C=O) groups excluding carboxylic acids is 4. The summed E-state index contributed by atoms with van der Waals surface area (Å²) in [5.74, 6) is -7.07. The minimum absolute atomic E-state index is 0.0473. The second-order valence-electron chi connectivity index (χ2n) is 15.3. The average Bonchev–Trinajstić information content (AvgIpc) is 3.93. The molecule has 18 heteroatoms. The van der Waals surface area contributed by atoms with E-state index >= 15 is 0 Å². The van der Waals surface area contributed by atoms with E-state index in [1.165, 1.54) is 17.0 Å². The highest BCUT2D eigenvalue weighted by Gasteiger charge is 2.63. The maximum atomic E-state index is 14.9. The molecule has 2 aliphatic carbocycles. The lowest BCUT2D eigenvalue weighted by molar-refractivity contribution is -0.141. The molecule has 2 aliphatic heterocycles. The zero-order valence-corrected chi connectivity index (χ0v) is 31.5. The van der Waals surface area contributed by atoms with E-state index < -0.39 is 85.5 Å². The van der Waals surface area contributed by atoms with Crippen LogP contribution in [0.5, 0.6) is 5.88 Å². The molecule has 3 fully saturated rings. The fourth-order valence-corrected chi connectivity index (χ4v) is 8.47. The van der Waals surface area contributed by atoms with Gasteiger partial charge in [0.05, 0.1) is 22.3 Å². The van der Waals surface area contributed by atoms with E-state index in [1.807, 2.05) is 6.08 Å². The van der Waals surface area contributed by atoms with E-state index in [0.717, 1.165) is 6.42 Å². The maximum absolute atomic E-state index is 14.9. The molecule has 4 aliphatic rings. The van der Waals surface area contributed by atoms with Gasteiger partial charge in [0.1, 0.15) is 29.5 Å². The Hall–Kier alpha value is -5.00. The number of fused-ring (bicyclic) bond motifs is 3. The first kappa shape index (κ1) is 38.3. The van der Waals surface area contributed by atoms with Crippen molar-refractivity contribution in [1.82, 2.24) is 35.4 Å². The number of rotatable bonds is 8. The molecule has 294 valence electrons. The number of sulfonamides is 1. The van der Waals surface area contributed by atoms with Crippen LogP contribution < -0.4 is 20.1 Å². The Morgan fingerprint density at radius 1 is 1.11 bits per heavy atom. The van der Waals surface area contributed by atoms with Crippen LogP contribution in [0.3, 0.4) is 0 Å². The first-order valence-electron chi connectivity index (χ1n) is 18.4. The molecule has 0 spiro atoms. The molecule has 1 saturated heterocycles. The molecule has 4 heterocycles. The largest absolute Gasteiger partial charge is 0.471 e. The zero-order valence-electron chi connectivity index (χ0n) is 30.6. The van der Waals surface area contributed by atoms with Gasteiger partial charge in [-0.25, -0.2) is 18.4 Å². The smallest absolute Gasteiger partial charge is 0.292 e. The summed E-state index contributed by atoms with van der Waals surface area (Å²) in [5.41, 5.74) is -1.90. The molecule has 55 heavy (non-hydrogen) atoms. The van der Waals surface area contributed by atoms with Crippen LogP contribution in [0.15, 0.2) is 47.0 Å². The number of aromatic nitrogens is 3. The molecule has 5 atom stereocenters. The standard InChI is InChI=1S/C37H43F2N7O8S/c1-21-17-27(44-54-21)30(47)41-26-14-8-6-4-5-7-11-22-19-37(22,34(50)45-55(51,52)35(2)15-16-35)43-31(48)28-18-23(20-46(28)33(26)49)53-32-29(36(3,38)39)40-24-12-9-10-13-25(24)42-32/h7,9-13,17,22-23,26,28H,4-6,8,14-16,18-20H2,1-3H3,(H,41,47)(H,43,48)(H,45,50)/b11-7-/t22-,23-,26+,28+,37-/m1/s1. The number of nitrogens with zero attached hydrogens (tertiary/aromatic N) is 4. The molecule has 0 bridgehead atoms. The van der Waals surface area contributed by atoms with Crippen molar-refractivity contribution in [3.05, 3.63) is 59.6 Å². The summed E-state index contributed by atoms with van der Waals surface area (Å²) in [4.78, 5) is 65.6. The van der Waals surface area contributed by atoms with E-state index in [4.69, 9.17) is 9.26 Å². The predicted octanol–water partition coefficient (Wildman–Crippen LogP) is 3.58. The van der Waals surface area contributed by atoms with Crippen LogP contribution in [0.25, 0.3) is 11.0 Å². The number of aryl methyl sites for hydroxylation is 1. The Balaban J connectivity index is 1.22. The fourth-order valence-electron chi connectivity index (χ4n) is 7.16. The molecule has 4 amide bonds. The van der Waals surface area contributed by atoms with Crippen molar-refractivity contribution in [3.63, 3.8) is 0 Å². The number of hydrogen-bond acceptors (Lipinski definition) is 11. The van der Waals surface area contributed by atoms with Crippen molar-refractivity contribution < 1.29 is 45.6 Å². The molecule has 7 rings (SSSR count). The summed E-state index contributed by atoms with van der Waals surface area (Å²) in [5, 5.41) is 9.26. The third-order valence-electron chi connectivity index (χ3n) is 10.9. The number of nitrogens with one attached hydrogen (secondary N) is 3. The minimum Gasteiger partial charge on any atom is -0.471 e. The normalized spacial score (nSPS) is 27.5. The second-order valence-corrected chi connectivity index (χ2v) is 17.5. The number of hydrogen-bond donors (Lipinski definition) is 3. The molecule has 0 radical (unpaired) electrons. The van der Waals surface area contributed by atoms with Crippen molar-refractivity contribution in [2.75, 3.05) is 6.54 Å². The summed E-state index contributed by atoms with van der Waals surface area (Å²) in [6.45, 7) is 3.54. The summed E-state index contributed by atoms with van der Waals surface area (Å²) in [7, 11) is -4.06. The monoisotopic (exact) mass is 783 g/mol. The van der Waals surface area contributed by atoms with Gasteiger partial charge in [0.25, 0.3) is 17.7 Å². The van der Waals surface area contributed by atoms with Gasteiger partial charge in [0, 0.05) is 25.3 Å². The van der Waals surface area contributed by atoms with Crippen LogP contribution in [0.4, 0.5) is 8.78 Å². The number of ether oxygens (including phenoxy) is 1. The summed E-state index contributed by atoms with van der Waals surface area (Å²) < 4.78 is 68.3. The lowest BCUT2D eigenvalue weighted by Gasteiger charge is -2.30. The van der Waals surface area contributed by atoms with Crippen LogP contribution in [0, 0.1) is 12.8 Å². The van der Waals surface area contributed by atoms with Gasteiger partial charge in [0.15, 0.2) is 11.4 Å². The van der Waals surface area contributed by atoms with Gasteiger partial charge in [-0.2, -0.15) is 8.78 Å². The molecule has 0 unspecified atom stereocenters. The Morgan fingerprint density at radius 2 is 1.84 bits per heavy atom. The van der Waals surface area contributed by atoms with Crippen LogP contribution in [-0.2, 0) is 30.3 Å². The lowest BCUT2D eigenvalue weighted by Crippen LogP contribution is -2.58. The maximum Gasteiger partial charge on any atom is 0.292 e. The highest BCUT2D eigenvalue weighted by Crippen LogP contribution is 2.47. The van der Waals surface area contributed by atoms with Crippen molar-refractivity contribution in [3.8, 4) is 5.88 Å². The number of para-hydroxylation sites is 2. The van der Waals surface area contributed by atoms with Crippen LogP contribution in [0.2, 0.25) is 0 Å². The Morgan fingerprint density at radius 3 is 2.51 bits per heavy atom. The summed E-state index contributed by atoms with van der Waals surface area (Å²) in [6.07, 6.45) is 6.07. The van der Waals surface area contributed by atoms with E-state index in [0.29, 0.717) is 44.8 Å². The molecular formula is C37H43F2N7O8S. The highest BCUT2D eigenvalue weighted by molar-refractivity contribution is 7.91. The average molecular weight is 784 g/mol. The highest BCUT2D eigenvalue weighted by atomic mass is 32.2. The molecule has 2 saturated carbocycles. The van der Waals surface area contributed by atoms with Crippen molar-refractivity contribution in [2.45, 2.75) is 113 Å². The van der Waals surface area contributed by atoms with Gasteiger partial charge in [0.2, 0.25) is 27.7 Å². The van der Waals surface area contributed by atoms with Gasteiger partial charge < -0.3 is 24.8 Å².